The van der Waals surface area contributed by atoms with Crippen LogP contribution in [0.25, 0.3) is 0 Å². The summed E-state index contributed by atoms with van der Waals surface area (Å²) in [5, 5.41) is 1.97. The Kier molecular flexibility index (Phi) is 4.99. The molecule has 0 atom stereocenters. The smallest absolute Gasteiger partial charge is 0.236 e. The van der Waals surface area contributed by atoms with Gasteiger partial charge in [0.15, 0.2) is 0 Å². The summed E-state index contributed by atoms with van der Waals surface area (Å²) in [5.41, 5.74) is 2.91. The summed E-state index contributed by atoms with van der Waals surface area (Å²) in [4.78, 5) is 11.4. The van der Waals surface area contributed by atoms with Gasteiger partial charge in [-0.1, -0.05) is 13.8 Å². The number of carbonyl (C=O) groups is 1. The van der Waals surface area contributed by atoms with Crippen LogP contribution in [0.15, 0.2) is 0 Å². The summed E-state index contributed by atoms with van der Waals surface area (Å²) in [6.07, 6.45) is 0. The molecule has 0 aromatic carbocycles. The molecule has 3 nitrogen and oxygen atoms in total. The molecule has 0 spiro atoms. The summed E-state index contributed by atoms with van der Waals surface area (Å²) in [7, 11) is 0. The maximum absolute atomic E-state index is 11.4. The van der Waals surface area contributed by atoms with E-state index < -0.39 is 0 Å². The summed E-state index contributed by atoms with van der Waals surface area (Å²) in [6.45, 7) is 12.1. The van der Waals surface area contributed by atoms with Crippen LogP contribution in [0.5, 0.6) is 0 Å². The third-order valence-electron chi connectivity index (χ3n) is 1.88. The molecule has 0 heterocycles. The van der Waals surface area contributed by atoms with E-state index in [1.54, 1.807) is 0 Å². The van der Waals surface area contributed by atoms with Crippen LogP contribution in [-0.2, 0) is 4.79 Å². The van der Waals surface area contributed by atoms with E-state index in [9.17, 15) is 4.79 Å². The number of nitrogens with one attached hydrogen (secondary N) is 1. The van der Waals surface area contributed by atoms with Gasteiger partial charge in [0.05, 0.1) is 0 Å². The van der Waals surface area contributed by atoms with E-state index >= 15 is 0 Å². The van der Waals surface area contributed by atoms with Crippen molar-refractivity contribution < 1.29 is 4.79 Å². The van der Waals surface area contributed by atoms with Gasteiger partial charge < -0.3 is 0 Å². The van der Waals surface area contributed by atoms with Gasteiger partial charge in [0.1, 0.15) is 0 Å². The summed E-state index contributed by atoms with van der Waals surface area (Å²) < 4.78 is 0. The standard InChI is InChI=1S/C10H22N2O/c1-7(2)10(13)11-12(8(3)4)9(5)6/h7-9H,1-6H3,(H,11,13). The Hall–Kier alpha value is -0.570. The van der Waals surface area contributed by atoms with Gasteiger partial charge in [0, 0.05) is 18.0 Å². The van der Waals surface area contributed by atoms with Crippen LogP contribution < -0.4 is 5.43 Å². The van der Waals surface area contributed by atoms with Gasteiger partial charge in [0.25, 0.3) is 0 Å². The second-order valence-electron chi connectivity index (χ2n) is 4.23. The van der Waals surface area contributed by atoms with Crippen molar-refractivity contribution in [2.45, 2.75) is 53.6 Å². The zero-order valence-corrected chi connectivity index (χ0v) is 9.59. The quantitative estimate of drug-likeness (QED) is 0.679. The lowest BCUT2D eigenvalue weighted by Crippen LogP contribution is -2.51. The number of hydrazine groups is 1. The van der Waals surface area contributed by atoms with Crippen molar-refractivity contribution in [3.63, 3.8) is 0 Å². The molecule has 1 N–H and O–H groups in total. The number of hydrogen-bond donors (Lipinski definition) is 1. The fourth-order valence-corrected chi connectivity index (χ4v) is 1.11. The molecule has 0 radical (unpaired) electrons. The minimum absolute atomic E-state index is 0.0417. The Morgan fingerprint density at radius 1 is 1.00 bits per heavy atom. The van der Waals surface area contributed by atoms with E-state index in [0.29, 0.717) is 12.1 Å². The number of rotatable bonds is 4. The molecule has 0 saturated carbocycles. The monoisotopic (exact) mass is 186 g/mol. The maximum Gasteiger partial charge on any atom is 0.236 e. The highest BCUT2D eigenvalue weighted by Crippen LogP contribution is 2.02. The zero-order valence-electron chi connectivity index (χ0n) is 9.59. The first kappa shape index (κ1) is 12.4. The number of nitrogens with zero attached hydrogens (tertiary/aromatic N) is 1. The molecule has 78 valence electrons. The molecule has 0 rings (SSSR count). The summed E-state index contributed by atoms with van der Waals surface area (Å²) >= 11 is 0. The van der Waals surface area contributed by atoms with Gasteiger partial charge in [-0.25, -0.2) is 5.01 Å². The highest BCUT2D eigenvalue weighted by Gasteiger charge is 2.17. The van der Waals surface area contributed by atoms with Crippen LogP contribution in [0.3, 0.4) is 0 Å². The van der Waals surface area contributed by atoms with Crippen LogP contribution >= 0.6 is 0 Å². The molecule has 0 unspecified atom stereocenters. The van der Waals surface area contributed by atoms with E-state index in [1.165, 1.54) is 0 Å². The number of amides is 1. The Morgan fingerprint density at radius 3 is 1.62 bits per heavy atom. The molecule has 0 aromatic rings. The molecule has 0 aliphatic carbocycles. The van der Waals surface area contributed by atoms with E-state index in [-0.39, 0.29) is 11.8 Å². The van der Waals surface area contributed by atoms with Crippen LogP contribution in [0.4, 0.5) is 0 Å². The van der Waals surface area contributed by atoms with Gasteiger partial charge in [-0.3, -0.25) is 10.2 Å². The van der Waals surface area contributed by atoms with E-state index in [2.05, 4.69) is 33.1 Å². The average Bonchev–Trinajstić information content (AvgIpc) is 1.97. The van der Waals surface area contributed by atoms with E-state index in [4.69, 9.17) is 0 Å². The third kappa shape index (κ3) is 4.27. The van der Waals surface area contributed by atoms with Crippen LogP contribution in [0.2, 0.25) is 0 Å². The van der Waals surface area contributed by atoms with Gasteiger partial charge in [-0.2, -0.15) is 0 Å². The molecule has 3 heteroatoms. The normalized spacial score (nSPS) is 11.8. The maximum atomic E-state index is 11.4. The molecule has 0 saturated heterocycles. The van der Waals surface area contributed by atoms with Crippen LogP contribution in [0.1, 0.15) is 41.5 Å². The molecule has 1 amide bonds. The summed E-state index contributed by atoms with van der Waals surface area (Å²) in [5.74, 6) is 0.127. The number of hydrogen-bond acceptors (Lipinski definition) is 2. The first-order valence-electron chi connectivity index (χ1n) is 4.95. The molecule has 0 fully saturated rings. The predicted octanol–water partition coefficient (Wildman–Crippen LogP) is 1.79. The Morgan fingerprint density at radius 2 is 1.38 bits per heavy atom. The molecule has 0 bridgehead atoms. The summed E-state index contributed by atoms with van der Waals surface area (Å²) in [6, 6.07) is 0.672. The highest BCUT2D eigenvalue weighted by atomic mass is 16.2. The lowest BCUT2D eigenvalue weighted by atomic mass is 10.2. The first-order valence-corrected chi connectivity index (χ1v) is 4.95. The molecule has 0 aliphatic heterocycles. The van der Waals surface area contributed by atoms with Crippen molar-refractivity contribution in [1.29, 1.82) is 0 Å². The van der Waals surface area contributed by atoms with Crippen molar-refractivity contribution in [1.82, 2.24) is 10.4 Å². The highest BCUT2D eigenvalue weighted by molar-refractivity contribution is 5.77. The number of carbonyl (C=O) groups excluding carboxylic acids is 1. The minimum atomic E-state index is 0.0417. The first-order chi connectivity index (χ1) is 5.86. The second kappa shape index (κ2) is 5.22. The SMILES string of the molecule is CC(C)C(=O)NN(C(C)C)C(C)C. The molecular formula is C10H22N2O. The van der Waals surface area contributed by atoms with Gasteiger partial charge in [-0.15, -0.1) is 0 Å². The fraction of sp³-hybridized carbons (Fsp3) is 0.900. The predicted molar refractivity (Wildman–Crippen MR) is 55.1 cm³/mol. The second-order valence-corrected chi connectivity index (χ2v) is 4.23. The average molecular weight is 186 g/mol. The van der Waals surface area contributed by atoms with Gasteiger partial charge in [-0.05, 0) is 27.7 Å². The van der Waals surface area contributed by atoms with Crippen LogP contribution in [-0.4, -0.2) is 23.0 Å². The minimum Gasteiger partial charge on any atom is -0.288 e. The van der Waals surface area contributed by atoms with Crippen molar-refractivity contribution in [3.05, 3.63) is 0 Å². The largest absolute Gasteiger partial charge is 0.288 e. The van der Waals surface area contributed by atoms with Crippen molar-refractivity contribution in [2.24, 2.45) is 5.92 Å². The zero-order chi connectivity index (χ0) is 10.6. The topological polar surface area (TPSA) is 32.3 Å². The molecule has 0 aromatic heterocycles. The Bertz CT molecular complexity index is 156. The lowest BCUT2D eigenvalue weighted by Gasteiger charge is -2.31. The fourth-order valence-electron chi connectivity index (χ4n) is 1.11. The molecule has 13 heavy (non-hydrogen) atoms. The third-order valence-corrected chi connectivity index (χ3v) is 1.88. The van der Waals surface area contributed by atoms with Crippen molar-refractivity contribution >= 4 is 5.91 Å². The van der Waals surface area contributed by atoms with Crippen molar-refractivity contribution in [2.75, 3.05) is 0 Å². The van der Waals surface area contributed by atoms with Gasteiger partial charge in [0.2, 0.25) is 5.91 Å². The lowest BCUT2D eigenvalue weighted by molar-refractivity contribution is -0.130. The Balaban J connectivity index is 4.19. The molecular weight excluding hydrogens is 164 g/mol. The van der Waals surface area contributed by atoms with E-state index in [1.807, 2.05) is 18.9 Å². The Labute approximate surface area is 81.5 Å². The van der Waals surface area contributed by atoms with E-state index in [0.717, 1.165) is 0 Å². The van der Waals surface area contributed by atoms with Crippen LogP contribution in [0, 0.1) is 5.92 Å². The van der Waals surface area contributed by atoms with Crippen molar-refractivity contribution in [3.8, 4) is 0 Å². The van der Waals surface area contributed by atoms with Gasteiger partial charge >= 0.3 is 0 Å². The molecule has 0 aliphatic rings.